The van der Waals surface area contributed by atoms with Crippen molar-refractivity contribution in [1.82, 2.24) is 9.59 Å². The molecule has 0 spiro atoms. The third-order valence-electron chi connectivity index (χ3n) is 1.17. The first-order valence-corrected chi connectivity index (χ1v) is 3.96. The third-order valence-corrected chi connectivity index (χ3v) is 1.75. The van der Waals surface area contributed by atoms with Gasteiger partial charge in [0, 0.05) is 11.5 Å². The summed E-state index contributed by atoms with van der Waals surface area (Å²) in [5.41, 5.74) is 0. The first kappa shape index (κ1) is 10.8. The maximum absolute atomic E-state index is 12.3. The van der Waals surface area contributed by atoms with Gasteiger partial charge in [0.1, 0.15) is 5.00 Å². The highest BCUT2D eigenvalue weighted by atomic mass is 32.1. The van der Waals surface area contributed by atoms with Gasteiger partial charge in [-0.15, -0.1) is 5.10 Å². The molecule has 1 aromatic heterocycles. The normalized spacial score (nSPS) is 11.8. The van der Waals surface area contributed by atoms with E-state index >= 15 is 0 Å². The molecule has 0 fully saturated rings. The van der Waals surface area contributed by atoms with E-state index in [9.17, 15) is 22.4 Å². The summed E-state index contributed by atoms with van der Waals surface area (Å²) in [5, 5.41) is 4.68. The van der Waals surface area contributed by atoms with Gasteiger partial charge in [0.15, 0.2) is 0 Å². The van der Waals surface area contributed by atoms with E-state index < -0.39 is 18.3 Å². The summed E-state index contributed by atoms with van der Waals surface area (Å²) in [6.45, 7) is 0. The van der Waals surface area contributed by atoms with Crippen LogP contribution in [0.4, 0.5) is 22.6 Å². The lowest BCUT2D eigenvalue weighted by atomic mass is 10.3. The van der Waals surface area contributed by atoms with Crippen LogP contribution < -0.4 is 5.32 Å². The molecule has 0 aliphatic heterocycles. The van der Waals surface area contributed by atoms with E-state index in [4.69, 9.17) is 0 Å². The Balaban J connectivity index is 2.67. The average molecular weight is 229 g/mol. The Morgan fingerprint density at radius 3 is 2.64 bits per heavy atom. The lowest BCUT2D eigenvalue weighted by molar-refractivity contribution is -0.163. The van der Waals surface area contributed by atoms with Crippen LogP contribution in [0.25, 0.3) is 0 Å². The lowest BCUT2D eigenvalue weighted by Gasteiger charge is -2.13. The van der Waals surface area contributed by atoms with Crippen LogP contribution in [0.2, 0.25) is 0 Å². The molecule has 0 saturated heterocycles. The SMILES string of the molecule is O=C(Nc1cnns1)C(F)(F)C(F)F. The van der Waals surface area contributed by atoms with Crippen molar-refractivity contribution in [2.75, 3.05) is 5.32 Å². The molecule has 0 saturated carbocycles. The number of carbonyl (C=O) groups is 1. The molecule has 14 heavy (non-hydrogen) atoms. The van der Waals surface area contributed by atoms with Gasteiger partial charge in [-0.3, -0.25) is 4.79 Å². The summed E-state index contributed by atoms with van der Waals surface area (Å²) in [5.74, 6) is -6.78. The zero-order chi connectivity index (χ0) is 10.8. The van der Waals surface area contributed by atoms with Crippen LogP contribution >= 0.6 is 11.5 Å². The summed E-state index contributed by atoms with van der Waals surface area (Å²) in [6.07, 6.45) is -3.06. The minimum Gasteiger partial charge on any atom is -0.310 e. The molecule has 4 nitrogen and oxygen atoms in total. The quantitative estimate of drug-likeness (QED) is 0.796. The van der Waals surface area contributed by atoms with E-state index in [1.54, 1.807) is 5.32 Å². The smallest absolute Gasteiger partial charge is 0.310 e. The molecule has 1 rings (SSSR count). The minimum absolute atomic E-state index is 0.115. The van der Waals surface area contributed by atoms with Crippen LogP contribution in [-0.4, -0.2) is 27.8 Å². The van der Waals surface area contributed by atoms with Crippen molar-refractivity contribution in [2.24, 2.45) is 0 Å². The van der Waals surface area contributed by atoms with Crippen molar-refractivity contribution in [3.63, 3.8) is 0 Å². The van der Waals surface area contributed by atoms with E-state index in [0.717, 1.165) is 6.20 Å². The van der Waals surface area contributed by atoms with Gasteiger partial charge in [-0.25, -0.2) is 8.78 Å². The van der Waals surface area contributed by atoms with Gasteiger partial charge in [-0.2, -0.15) is 8.78 Å². The molecule has 0 unspecified atom stereocenters. The second-order valence-electron chi connectivity index (χ2n) is 2.16. The van der Waals surface area contributed by atoms with Gasteiger partial charge in [-0.05, 0) is 0 Å². The lowest BCUT2D eigenvalue weighted by Crippen LogP contribution is -2.40. The topological polar surface area (TPSA) is 54.9 Å². The van der Waals surface area contributed by atoms with Crippen LogP contribution in [0, 0.1) is 0 Å². The van der Waals surface area contributed by atoms with E-state index in [-0.39, 0.29) is 5.00 Å². The van der Waals surface area contributed by atoms with Crippen LogP contribution in [0.1, 0.15) is 0 Å². The highest BCUT2D eigenvalue weighted by Crippen LogP contribution is 2.25. The van der Waals surface area contributed by atoms with Crippen molar-refractivity contribution in [1.29, 1.82) is 0 Å². The maximum atomic E-state index is 12.3. The fraction of sp³-hybridized carbons (Fsp3) is 0.400. The molecule has 9 heteroatoms. The monoisotopic (exact) mass is 229 g/mol. The first-order chi connectivity index (χ1) is 6.44. The molecule has 0 radical (unpaired) electrons. The van der Waals surface area contributed by atoms with Gasteiger partial charge in [0.05, 0.1) is 6.20 Å². The van der Waals surface area contributed by atoms with Gasteiger partial charge in [0.2, 0.25) is 0 Å². The Morgan fingerprint density at radius 2 is 2.21 bits per heavy atom. The van der Waals surface area contributed by atoms with E-state index in [0.29, 0.717) is 11.5 Å². The zero-order valence-electron chi connectivity index (χ0n) is 6.38. The van der Waals surface area contributed by atoms with E-state index in [1.165, 1.54) is 0 Å². The molecule has 0 aliphatic carbocycles. The Bertz CT molecular complexity index is 315. The van der Waals surface area contributed by atoms with Crippen LogP contribution in [0.5, 0.6) is 0 Å². The molecule has 0 aromatic carbocycles. The Hall–Kier alpha value is -1.25. The predicted molar refractivity (Wildman–Crippen MR) is 39.5 cm³/mol. The van der Waals surface area contributed by atoms with Crippen molar-refractivity contribution in [2.45, 2.75) is 12.3 Å². The maximum Gasteiger partial charge on any atom is 0.383 e. The number of carbonyl (C=O) groups excluding carboxylic acids is 1. The summed E-state index contributed by atoms with van der Waals surface area (Å²) in [7, 11) is 0. The number of halogens is 4. The molecule has 1 heterocycles. The van der Waals surface area contributed by atoms with E-state index in [1.807, 2.05) is 0 Å². The largest absolute Gasteiger partial charge is 0.383 e. The summed E-state index contributed by atoms with van der Waals surface area (Å²) in [6, 6.07) is 0. The fourth-order valence-electron chi connectivity index (χ4n) is 0.517. The predicted octanol–water partition coefficient (Wildman–Crippen LogP) is 1.38. The second-order valence-corrected chi connectivity index (χ2v) is 2.95. The molecule has 78 valence electrons. The number of nitrogens with zero attached hydrogens (tertiary/aromatic N) is 2. The van der Waals surface area contributed by atoms with Crippen molar-refractivity contribution in [3.05, 3.63) is 6.20 Å². The molecule has 1 N–H and O–H groups in total. The molecular weight excluding hydrogens is 226 g/mol. The van der Waals surface area contributed by atoms with Gasteiger partial charge >= 0.3 is 18.3 Å². The summed E-state index contributed by atoms with van der Waals surface area (Å²) >= 11 is 0.608. The van der Waals surface area contributed by atoms with Crippen LogP contribution in [0.15, 0.2) is 6.20 Å². The van der Waals surface area contributed by atoms with Gasteiger partial charge in [0.25, 0.3) is 0 Å². The number of nitrogens with one attached hydrogen (secondary N) is 1. The highest BCUT2D eigenvalue weighted by molar-refractivity contribution is 7.10. The fourth-order valence-corrected chi connectivity index (χ4v) is 0.931. The molecule has 0 atom stereocenters. The Morgan fingerprint density at radius 1 is 1.57 bits per heavy atom. The van der Waals surface area contributed by atoms with Gasteiger partial charge in [-0.1, -0.05) is 4.49 Å². The molecule has 1 aromatic rings. The number of hydrogen-bond acceptors (Lipinski definition) is 4. The number of anilines is 1. The highest BCUT2D eigenvalue weighted by Gasteiger charge is 2.49. The second kappa shape index (κ2) is 3.86. The third kappa shape index (κ3) is 2.16. The number of aromatic nitrogens is 2. The first-order valence-electron chi connectivity index (χ1n) is 3.19. The molecule has 0 aliphatic rings. The number of rotatable bonds is 3. The number of hydrogen-bond donors (Lipinski definition) is 1. The molecule has 1 amide bonds. The average Bonchev–Trinajstić information content (AvgIpc) is 2.56. The molecular formula is C5H3F4N3OS. The van der Waals surface area contributed by atoms with E-state index in [2.05, 4.69) is 9.59 Å². The zero-order valence-corrected chi connectivity index (χ0v) is 7.19. The summed E-state index contributed by atoms with van der Waals surface area (Å²) < 4.78 is 51.2. The van der Waals surface area contributed by atoms with Crippen LogP contribution in [-0.2, 0) is 4.79 Å². The Kier molecular flexibility index (Phi) is 2.99. The molecule has 0 bridgehead atoms. The van der Waals surface area contributed by atoms with Gasteiger partial charge < -0.3 is 5.32 Å². The van der Waals surface area contributed by atoms with Crippen LogP contribution in [0.3, 0.4) is 0 Å². The Labute approximate surface area is 79.1 Å². The minimum atomic E-state index is -4.70. The van der Waals surface area contributed by atoms with Crippen molar-refractivity contribution >= 4 is 22.4 Å². The van der Waals surface area contributed by atoms with Crippen molar-refractivity contribution in [3.8, 4) is 0 Å². The number of alkyl halides is 4. The van der Waals surface area contributed by atoms with Crippen molar-refractivity contribution < 1.29 is 22.4 Å². The standard InChI is InChI=1S/C5H3F4N3OS/c6-3(7)5(8,9)4(13)11-2-1-10-12-14-2/h1,3H,(H,11,13). The number of amides is 1. The summed E-state index contributed by atoms with van der Waals surface area (Å²) in [4.78, 5) is 10.6.